The predicted molar refractivity (Wildman–Crippen MR) is 105 cm³/mol. The van der Waals surface area contributed by atoms with Gasteiger partial charge in [0, 0.05) is 49.1 Å². The molecule has 4 rings (SSSR count). The van der Waals surface area contributed by atoms with E-state index in [0.717, 1.165) is 25.4 Å². The number of likely N-dealkylation sites (tertiary alicyclic amines) is 1. The summed E-state index contributed by atoms with van der Waals surface area (Å²) in [5.41, 5.74) is 1.33. The van der Waals surface area contributed by atoms with Gasteiger partial charge in [-0.05, 0) is 11.3 Å². The minimum atomic E-state index is -0.342. The highest BCUT2D eigenvalue weighted by atomic mass is 32.2. The molecule has 1 aromatic heterocycles. The normalized spacial score (nSPS) is 24.6. The van der Waals surface area contributed by atoms with E-state index < -0.39 is 0 Å². The van der Waals surface area contributed by atoms with Gasteiger partial charge in [-0.25, -0.2) is 4.98 Å². The molecule has 2 aliphatic rings. The Kier molecular flexibility index (Phi) is 5.22. The molecule has 3 atom stereocenters. The average molecular weight is 385 g/mol. The molecule has 7 heteroatoms. The third-order valence-corrected chi connectivity index (χ3v) is 6.72. The van der Waals surface area contributed by atoms with Gasteiger partial charge in [0.2, 0.25) is 0 Å². The summed E-state index contributed by atoms with van der Waals surface area (Å²) in [7, 11) is 1.45. The summed E-state index contributed by atoms with van der Waals surface area (Å²) in [4.78, 5) is 19.2. The van der Waals surface area contributed by atoms with Crippen molar-refractivity contribution in [1.29, 1.82) is 0 Å². The number of hydrogen-bond acceptors (Lipinski definition) is 6. The van der Waals surface area contributed by atoms with Crippen LogP contribution < -0.4 is 10.1 Å². The number of carbonyl (C=O) groups is 1. The number of nitrogens with zero attached hydrogens (tertiary/aromatic N) is 2. The number of fused-ring (bicyclic) bond motifs is 2. The Bertz CT molecular complexity index is 803. The van der Waals surface area contributed by atoms with Gasteiger partial charge in [0.15, 0.2) is 17.2 Å². The molecule has 1 amide bonds. The van der Waals surface area contributed by atoms with Crippen molar-refractivity contribution in [2.75, 3.05) is 26.0 Å². The maximum atomic E-state index is 12.7. The number of benzene rings is 1. The van der Waals surface area contributed by atoms with Crippen LogP contribution in [0, 0.1) is 5.92 Å². The van der Waals surface area contributed by atoms with E-state index >= 15 is 0 Å². The number of hydrogen-bond donors (Lipinski definition) is 2. The lowest BCUT2D eigenvalue weighted by Gasteiger charge is -2.37. The van der Waals surface area contributed by atoms with Crippen LogP contribution in [0.15, 0.2) is 42.6 Å². The Hall–Kier alpha value is -2.25. The fourth-order valence-electron chi connectivity index (χ4n) is 3.92. The maximum Gasteiger partial charge on any atom is 0.274 e. The predicted octanol–water partition coefficient (Wildman–Crippen LogP) is 2.14. The zero-order valence-corrected chi connectivity index (χ0v) is 16.0. The molecule has 3 unspecified atom stereocenters. The number of pyridine rings is 1. The minimum Gasteiger partial charge on any atom is -0.503 e. The highest BCUT2D eigenvalue weighted by molar-refractivity contribution is 8.00. The molecule has 2 saturated heterocycles. The summed E-state index contributed by atoms with van der Waals surface area (Å²) >= 11 is 1.92. The Morgan fingerprint density at radius 1 is 1.33 bits per heavy atom. The summed E-state index contributed by atoms with van der Waals surface area (Å²) in [6, 6.07) is 12.1. The lowest BCUT2D eigenvalue weighted by molar-refractivity contribution is 0.0875. The van der Waals surface area contributed by atoms with E-state index in [4.69, 9.17) is 4.74 Å². The fraction of sp³-hybridized carbons (Fsp3) is 0.400. The van der Waals surface area contributed by atoms with Gasteiger partial charge in [-0.3, -0.25) is 9.69 Å². The molecular formula is C20H23N3O3S. The summed E-state index contributed by atoms with van der Waals surface area (Å²) in [5, 5.41) is 13.6. The second kappa shape index (κ2) is 7.78. The second-order valence-corrected chi connectivity index (χ2v) is 8.29. The number of aromatic nitrogens is 1. The number of carbonyl (C=O) groups excluding carboxylic acids is 1. The van der Waals surface area contributed by atoms with Crippen molar-refractivity contribution in [2.24, 2.45) is 5.92 Å². The monoisotopic (exact) mass is 385 g/mol. The lowest BCUT2D eigenvalue weighted by Crippen LogP contribution is -2.54. The van der Waals surface area contributed by atoms with E-state index in [9.17, 15) is 9.90 Å². The van der Waals surface area contributed by atoms with Crippen molar-refractivity contribution in [3.8, 4) is 11.5 Å². The molecule has 0 aliphatic carbocycles. The van der Waals surface area contributed by atoms with E-state index in [1.54, 1.807) is 0 Å². The van der Waals surface area contributed by atoms with Gasteiger partial charge in [-0.15, -0.1) is 0 Å². The first kappa shape index (κ1) is 18.1. The van der Waals surface area contributed by atoms with Crippen LogP contribution in [0.3, 0.4) is 0 Å². The summed E-state index contributed by atoms with van der Waals surface area (Å²) in [6.07, 6.45) is 1.47. The standard InChI is InChI=1S/C20H23N3O3S/c1-26-15-7-8-21-18(19(15)24)20(25)22-17-14-10-23(11-16(17)27-12-14)9-13-5-3-2-4-6-13/h2-8,14,16-17,24H,9-12H2,1H3,(H,22,25). The van der Waals surface area contributed by atoms with Crippen LogP contribution in [0.25, 0.3) is 0 Å². The quantitative estimate of drug-likeness (QED) is 0.822. The molecule has 142 valence electrons. The molecule has 2 bridgehead atoms. The smallest absolute Gasteiger partial charge is 0.274 e. The Morgan fingerprint density at radius 2 is 2.15 bits per heavy atom. The molecule has 0 radical (unpaired) electrons. The van der Waals surface area contributed by atoms with Crippen molar-refractivity contribution >= 4 is 17.7 Å². The first-order valence-corrected chi connectivity index (χ1v) is 10.1. The van der Waals surface area contributed by atoms with E-state index in [-0.39, 0.29) is 29.1 Å². The number of ether oxygens (including phenoxy) is 1. The molecule has 6 nitrogen and oxygen atoms in total. The van der Waals surface area contributed by atoms with Crippen molar-refractivity contribution in [3.05, 3.63) is 53.9 Å². The van der Waals surface area contributed by atoms with Crippen LogP contribution in [0.2, 0.25) is 0 Å². The van der Waals surface area contributed by atoms with Gasteiger partial charge in [-0.2, -0.15) is 11.8 Å². The van der Waals surface area contributed by atoms with Gasteiger partial charge in [0.05, 0.1) is 7.11 Å². The van der Waals surface area contributed by atoms with E-state index in [1.807, 2.05) is 17.8 Å². The molecule has 2 aromatic rings. The van der Waals surface area contributed by atoms with E-state index in [1.165, 1.54) is 24.9 Å². The first-order valence-electron chi connectivity index (χ1n) is 9.06. The molecule has 0 saturated carbocycles. The number of thioether (sulfide) groups is 1. The minimum absolute atomic E-state index is 0.0189. The zero-order chi connectivity index (χ0) is 18.8. The lowest BCUT2D eigenvalue weighted by atomic mass is 9.93. The Labute approximate surface area is 162 Å². The van der Waals surface area contributed by atoms with Crippen LogP contribution in [-0.2, 0) is 6.54 Å². The molecule has 0 spiro atoms. The van der Waals surface area contributed by atoms with Gasteiger partial charge in [-0.1, -0.05) is 30.3 Å². The van der Waals surface area contributed by atoms with Crippen molar-refractivity contribution in [1.82, 2.24) is 15.2 Å². The van der Waals surface area contributed by atoms with Crippen LogP contribution in [0.1, 0.15) is 16.1 Å². The molecule has 2 fully saturated rings. The Morgan fingerprint density at radius 3 is 2.89 bits per heavy atom. The van der Waals surface area contributed by atoms with Gasteiger partial charge < -0.3 is 15.2 Å². The van der Waals surface area contributed by atoms with E-state index in [0.29, 0.717) is 11.2 Å². The first-order chi connectivity index (χ1) is 13.2. The average Bonchev–Trinajstić information content (AvgIpc) is 2.91. The van der Waals surface area contributed by atoms with Crippen LogP contribution >= 0.6 is 11.8 Å². The zero-order valence-electron chi connectivity index (χ0n) is 15.2. The van der Waals surface area contributed by atoms with Crippen molar-refractivity contribution in [2.45, 2.75) is 17.8 Å². The van der Waals surface area contributed by atoms with E-state index in [2.05, 4.69) is 39.5 Å². The number of methoxy groups -OCH3 is 1. The maximum absolute atomic E-state index is 12.7. The Balaban J connectivity index is 1.42. The van der Waals surface area contributed by atoms with Gasteiger partial charge >= 0.3 is 0 Å². The second-order valence-electron chi connectivity index (χ2n) is 7.02. The fourth-order valence-corrected chi connectivity index (χ4v) is 5.54. The number of amides is 1. The summed E-state index contributed by atoms with van der Waals surface area (Å²) in [6.45, 7) is 2.84. The molecular weight excluding hydrogens is 362 g/mol. The van der Waals surface area contributed by atoms with Gasteiger partial charge in [0.1, 0.15) is 0 Å². The molecule has 2 aliphatic heterocycles. The molecule has 27 heavy (non-hydrogen) atoms. The van der Waals surface area contributed by atoms with Crippen molar-refractivity contribution in [3.63, 3.8) is 0 Å². The van der Waals surface area contributed by atoms with Crippen molar-refractivity contribution < 1.29 is 14.6 Å². The van der Waals surface area contributed by atoms with Crippen LogP contribution in [0.5, 0.6) is 11.5 Å². The molecule has 3 heterocycles. The highest BCUT2D eigenvalue weighted by Gasteiger charge is 2.43. The summed E-state index contributed by atoms with van der Waals surface area (Å²) in [5.74, 6) is 1.14. The topological polar surface area (TPSA) is 74.7 Å². The molecule has 1 aromatic carbocycles. The van der Waals surface area contributed by atoms with Crippen LogP contribution in [0.4, 0.5) is 0 Å². The summed E-state index contributed by atoms with van der Waals surface area (Å²) < 4.78 is 5.07. The highest BCUT2D eigenvalue weighted by Crippen LogP contribution is 2.38. The van der Waals surface area contributed by atoms with Crippen LogP contribution in [-0.4, -0.2) is 58.1 Å². The number of piperidine rings is 1. The van der Waals surface area contributed by atoms with Gasteiger partial charge in [0.25, 0.3) is 5.91 Å². The molecule has 2 N–H and O–H groups in total. The number of aromatic hydroxyl groups is 1. The number of nitrogens with one attached hydrogen (secondary N) is 1. The third-order valence-electron chi connectivity index (χ3n) is 5.23. The number of rotatable bonds is 5. The third kappa shape index (κ3) is 3.75. The largest absolute Gasteiger partial charge is 0.503 e. The SMILES string of the molecule is COc1ccnc(C(=O)NC2C3CSC2CN(Cc2ccccc2)C3)c1O.